The third-order valence-electron chi connectivity index (χ3n) is 2.96. The Morgan fingerprint density at radius 1 is 1.40 bits per heavy atom. The Balaban J connectivity index is 2.14. The highest BCUT2D eigenvalue weighted by atomic mass is 35.5. The number of nitrogens with zero attached hydrogens (tertiary/aromatic N) is 4. The molecule has 0 fully saturated rings. The van der Waals surface area contributed by atoms with Gasteiger partial charge in [-0.25, -0.2) is 4.68 Å². The molecule has 1 aromatic heterocycles. The monoisotopic (exact) mass is 295 g/mol. The number of tetrazole rings is 1. The lowest BCUT2D eigenvalue weighted by molar-refractivity contribution is 0.416. The summed E-state index contributed by atoms with van der Waals surface area (Å²) >= 11 is 6.09. The van der Waals surface area contributed by atoms with Gasteiger partial charge < -0.3 is 10.1 Å². The summed E-state index contributed by atoms with van der Waals surface area (Å²) in [6, 6.07) is 3.75. The number of halogens is 1. The minimum atomic E-state index is 0.532. The van der Waals surface area contributed by atoms with Gasteiger partial charge in [0.25, 0.3) is 0 Å². The van der Waals surface area contributed by atoms with Gasteiger partial charge in [-0.05, 0) is 35.4 Å². The summed E-state index contributed by atoms with van der Waals surface area (Å²) in [5, 5.41) is 15.6. The molecule has 6 nitrogen and oxygen atoms in total. The number of rotatable bonds is 6. The molecule has 108 valence electrons. The topological polar surface area (TPSA) is 64.9 Å². The van der Waals surface area contributed by atoms with E-state index >= 15 is 0 Å². The van der Waals surface area contributed by atoms with Crippen molar-refractivity contribution in [3.05, 3.63) is 28.5 Å². The van der Waals surface area contributed by atoms with Crippen LogP contribution in [-0.2, 0) is 13.1 Å². The van der Waals surface area contributed by atoms with Crippen molar-refractivity contribution in [1.29, 1.82) is 0 Å². The third-order valence-corrected chi connectivity index (χ3v) is 3.37. The fraction of sp³-hybridized carbons (Fsp3) is 0.462. The van der Waals surface area contributed by atoms with Crippen LogP contribution in [0.4, 0.5) is 5.69 Å². The second kappa shape index (κ2) is 6.56. The highest BCUT2D eigenvalue weighted by Gasteiger charge is 2.09. The number of aryl methyl sites for hydroxylation is 2. The predicted octanol–water partition coefficient (Wildman–Crippen LogP) is 2.67. The average Bonchev–Trinajstić information content (AvgIpc) is 2.87. The Morgan fingerprint density at radius 3 is 2.90 bits per heavy atom. The average molecular weight is 296 g/mol. The highest BCUT2D eigenvalue weighted by Crippen LogP contribution is 2.31. The fourth-order valence-electron chi connectivity index (χ4n) is 1.88. The minimum Gasteiger partial charge on any atom is -0.495 e. The fourth-order valence-corrected chi connectivity index (χ4v) is 2.03. The third kappa shape index (κ3) is 3.19. The van der Waals surface area contributed by atoms with E-state index in [1.165, 1.54) is 0 Å². The molecule has 2 rings (SSSR count). The molecule has 0 spiro atoms. The minimum absolute atomic E-state index is 0.532. The Labute approximate surface area is 123 Å². The normalized spacial score (nSPS) is 10.6. The maximum Gasteiger partial charge on any atom is 0.170 e. The van der Waals surface area contributed by atoms with Crippen LogP contribution >= 0.6 is 11.6 Å². The standard InChI is InChI=1S/C13H18ClN5O/c1-4-5-19-13(16-17-18-19)8-15-11-6-9(2)10(14)7-12(11)20-3/h6-7,15H,4-5,8H2,1-3H3. The van der Waals surface area contributed by atoms with Gasteiger partial charge in [-0.15, -0.1) is 5.10 Å². The summed E-state index contributed by atoms with van der Waals surface area (Å²) in [5.41, 5.74) is 1.86. The maximum atomic E-state index is 6.09. The van der Waals surface area contributed by atoms with Gasteiger partial charge in [0.05, 0.1) is 19.3 Å². The number of ether oxygens (including phenoxy) is 1. The largest absolute Gasteiger partial charge is 0.495 e. The van der Waals surface area contributed by atoms with Crippen LogP contribution in [0.2, 0.25) is 5.02 Å². The quantitative estimate of drug-likeness (QED) is 0.887. The van der Waals surface area contributed by atoms with Crippen molar-refractivity contribution in [2.24, 2.45) is 0 Å². The molecule has 20 heavy (non-hydrogen) atoms. The Morgan fingerprint density at radius 2 is 2.20 bits per heavy atom. The molecule has 1 N–H and O–H groups in total. The van der Waals surface area contributed by atoms with Crippen molar-refractivity contribution in [3.63, 3.8) is 0 Å². The molecule has 0 amide bonds. The van der Waals surface area contributed by atoms with E-state index in [1.54, 1.807) is 17.9 Å². The van der Waals surface area contributed by atoms with E-state index in [2.05, 4.69) is 27.8 Å². The summed E-state index contributed by atoms with van der Waals surface area (Å²) in [4.78, 5) is 0. The molecule has 0 saturated carbocycles. The molecular formula is C13H18ClN5O. The van der Waals surface area contributed by atoms with Crippen LogP contribution in [0.15, 0.2) is 12.1 Å². The molecule has 0 atom stereocenters. The van der Waals surface area contributed by atoms with Gasteiger partial charge in [0.2, 0.25) is 0 Å². The molecule has 1 heterocycles. The van der Waals surface area contributed by atoms with Crippen molar-refractivity contribution in [1.82, 2.24) is 20.2 Å². The smallest absolute Gasteiger partial charge is 0.170 e. The van der Waals surface area contributed by atoms with Gasteiger partial charge in [0.1, 0.15) is 5.75 Å². The molecule has 1 aromatic carbocycles. The maximum absolute atomic E-state index is 6.09. The lowest BCUT2D eigenvalue weighted by Crippen LogP contribution is -2.10. The molecule has 2 aromatic rings. The van der Waals surface area contributed by atoms with Crippen LogP contribution in [-0.4, -0.2) is 27.3 Å². The van der Waals surface area contributed by atoms with E-state index in [9.17, 15) is 0 Å². The molecule has 0 aliphatic heterocycles. The van der Waals surface area contributed by atoms with Crippen LogP contribution in [0, 0.1) is 6.92 Å². The number of hydrogen-bond donors (Lipinski definition) is 1. The van der Waals surface area contributed by atoms with Gasteiger partial charge in [0, 0.05) is 17.6 Å². The molecule has 7 heteroatoms. The Kier molecular flexibility index (Phi) is 4.79. The van der Waals surface area contributed by atoms with E-state index in [1.807, 2.05) is 13.0 Å². The number of hydrogen-bond acceptors (Lipinski definition) is 5. The number of nitrogens with one attached hydrogen (secondary N) is 1. The first-order valence-electron chi connectivity index (χ1n) is 6.48. The van der Waals surface area contributed by atoms with E-state index < -0.39 is 0 Å². The van der Waals surface area contributed by atoms with Crippen molar-refractivity contribution >= 4 is 17.3 Å². The van der Waals surface area contributed by atoms with Crippen molar-refractivity contribution in [3.8, 4) is 5.75 Å². The van der Waals surface area contributed by atoms with Gasteiger partial charge in [-0.1, -0.05) is 18.5 Å². The number of anilines is 1. The predicted molar refractivity (Wildman–Crippen MR) is 78.2 cm³/mol. The summed E-state index contributed by atoms with van der Waals surface area (Å²) in [7, 11) is 1.62. The molecule has 0 aliphatic rings. The zero-order valence-electron chi connectivity index (χ0n) is 11.9. The highest BCUT2D eigenvalue weighted by molar-refractivity contribution is 6.31. The SMILES string of the molecule is CCCn1nnnc1CNc1cc(C)c(Cl)cc1OC. The van der Waals surface area contributed by atoms with Crippen LogP contribution in [0.3, 0.4) is 0 Å². The van der Waals surface area contributed by atoms with Crippen molar-refractivity contribution in [2.75, 3.05) is 12.4 Å². The van der Waals surface area contributed by atoms with E-state index in [4.69, 9.17) is 16.3 Å². The van der Waals surface area contributed by atoms with Crippen LogP contribution < -0.4 is 10.1 Å². The summed E-state index contributed by atoms with van der Waals surface area (Å²) in [6.45, 7) is 5.38. The lowest BCUT2D eigenvalue weighted by atomic mass is 10.2. The van der Waals surface area contributed by atoms with Crippen molar-refractivity contribution in [2.45, 2.75) is 33.4 Å². The van der Waals surface area contributed by atoms with Crippen molar-refractivity contribution < 1.29 is 4.74 Å². The van der Waals surface area contributed by atoms with Gasteiger partial charge in [0.15, 0.2) is 5.82 Å². The Hall–Kier alpha value is -1.82. The molecule has 0 radical (unpaired) electrons. The van der Waals surface area contributed by atoms with E-state index in [0.29, 0.717) is 17.3 Å². The summed E-state index contributed by atoms with van der Waals surface area (Å²) in [5.74, 6) is 1.50. The number of aromatic nitrogens is 4. The molecular weight excluding hydrogens is 278 g/mol. The van der Waals surface area contributed by atoms with Crippen LogP contribution in [0.5, 0.6) is 5.75 Å². The van der Waals surface area contributed by atoms with E-state index in [0.717, 1.165) is 30.0 Å². The second-order valence-electron chi connectivity index (χ2n) is 4.47. The zero-order chi connectivity index (χ0) is 14.5. The number of benzene rings is 1. The summed E-state index contributed by atoms with van der Waals surface area (Å²) < 4.78 is 7.12. The van der Waals surface area contributed by atoms with Gasteiger partial charge in [-0.2, -0.15) is 0 Å². The first-order valence-corrected chi connectivity index (χ1v) is 6.86. The lowest BCUT2D eigenvalue weighted by Gasteiger charge is -2.12. The first-order chi connectivity index (χ1) is 9.65. The first kappa shape index (κ1) is 14.6. The molecule has 0 bridgehead atoms. The summed E-state index contributed by atoms with van der Waals surface area (Å²) in [6.07, 6.45) is 0.988. The second-order valence-corrected chi connectivity index (χ2v) is 4.88. The van der Waals surface area contributed by atoms with Gasteiger partial charge >= 0.3 is 0 Å². The molecule has 0 aliphatic carbocycles. The zero-order valence-corrected chi connectivity index (χ0v) is 12.6. The Bertz CT molecular complexity index is 584. The van der Waals surface area contributed by atoms with E-state index in [-0.39, 0.29) is 0 Å². The van der Waals surface area contributed by atoms with Crippen LogP contribution in [0.1, 0.15) is 24.7 Å². The van der Waals surface area contributed by atoms with Crippen LogP contribution in [0.25, 0.3) is 0 Å². The molecule has 0 saturated heterocycles. The number of methoxy groups -OCH3 is 1. The van der Waals surface area contributed by atoms with Gasteiger partial charge in [-0.3, -0.25) is 0 Å². The molecule has 0 unspecified atom stereocenters.